The quantitative estimate of drug-likeness (QED) is 0.555. The van der Waals surface area contributed by atoms with Crippen LogP contribution in [0.2, 0.25) is 0 Å². The van der Waals surface area contributed by atoms with Gasteiger partial charge in [-0.2, -0.15) is 0 Å². The molecule has 3 rings (SSSR count). The highest BCUT2D eigenvalue weighted by Crippen LogP contribution is 2.33. The zero-order valence-corrected chi connectivity index (χ0v) is 17.8. The Morgan fingerprint density at radius 3 is 2.36 bits per heavy atom. The first kappa shape index (κ1) is 20.9. The fourth-order valence-electron chi connectivity index (χ4n) is 2.49. The predicted octanol–water partition coefficient (Wildman–Crippen LogP) is 3.45. The minimum atomic E-state index is -4.12. The maximum Gasteiger partial charge on any atom is 0.240 e. The standard InChI is InChI=1S/C17H16FNO5S4/c1-24-14-7-6-12(10-13(14)18)28(22,23)19-11-16(15-4-2-8-25-15)27(20,21)17-5-3-9-26-17/h2-10,16,19H,11H2,1H3/t16-/m1/s1. The van der Waals surface area contributed by atoms with Gasteiger partial charge in [0, 0.05) is 11.4 Å². The SMILES string of the molecule is COc1ccc(S(=O)(=O)NC[C@H](c2cccs2)S(=O)(=O)c2cccs2)cc1F. The molecular weight excluding hydrogens is 445 g/mol. The van der Waals surface area contributed by atoms with Gasteiger partial charge in [-0.05, 0) is 41.1 Å². The van der Waals surface area contributed by atoms with Gasteiger partial charge in [-0.25, -0.2) is 25.9 Å². The van der Waals surface area contributed by atoms with E-state index in [1.165, 1.54) is 36.6 Å². The second-order valence-corrected chi connectivity index (χ2v) is 11.7. The minimum absolute atomic E-state index is 0.0873. The Bertz CT molecular complexity index is 1140. The van der Waals surface area contributed by atoms with E-state index in [-0.39, 0.29) is 21.4 Å². The summed E-state index contributed by atoms with van der Waals surface area (Å²) in [5.41, 5.74) is 0. The van der Waals surface area contributed by atoms with Crippen LogP contribution < -0.4 is 9.46 Å². The number of ether oxygens (including phenoxy) is 1. The molecule has 1 N–H and O–H groups in total. The van der Waals surface area contributed by atoms with Crippen molar-refractivity contribution in [3.05, 3.63) is 63.9 Å². The molecule has 0 aliphatic heterocycles. The third-order valence-electron chi connectivity index (χ3n) is 3.90. The molecule has 0 unspecified atom stereocenters. The Kier molecular flexibility index (Phi) is 6.20. The van der Waals surface area contributed by atoms with Crippen LogP contribution in [0.25, 0.3) is 0 Å². The summed E-state index contributed by atoms with van der Waals surface area (Å²) in [6, 6.07) is 9.66. The van der Waals surface area contributed by atoms with Crippen molar-refractivity contribution in [2.75, 3.05) is 13.7 Å². The topological polar surface area (TPSA) is 89.5 Å². The van der Waals surface area contributed by atoms with Crippen molar-refractivity contribution in [2.24, 2.45) is 0 Å². The molecule has 1 atom stereocenters. The minimum Gasteiger partial charge on any atom is -0.494 e. The lowest BCUT2D eigenvalue weighted by molar-refractivity contribution is 0.385. The highest BCUT2D eigenvalue weighted by molar-refractivity contribution is 7.94. The van der Waals surface area contributed by atoms with Crippen molar-refractivity contribution in [1.29, 1.82) is 0 Å². The van der Waals surface area contributed by atoms with E-state index in [9.17, 15) is 21.2 Å². The molecule has 0 spiro atoms. The van der Waals surface area contributed by atoms with E-state index in [1.54, 1.807) is 29.0 Å². The normalized spacial score (nSPS) is 13.4. The van der Waals surface area contributed by atoms with Gasteiger partial charge < -0.3 is 4.74 Å². The molecule has 2 heterocycles. The molecule has 0 aliphatic carbocycles. The summed E-state index contributed by atoms with van der Waals surface area (Å²) in [6.07, 6.45) is 0. The molecule has 0 fully saturated rings. The number of thiophene rings is 2. The Morgan fingerprint density at radius 1 is 1.07 bits per heavy atom. The van der Waals surface area contributed by atoms with Gasteiger partial charge in [-0.1, -0.05) is 12.1 Å². The van der Waals surface area contributed by atoms with Crippen LogP contribution in [-0.4, -0.2) is 30.5 Å². The molecule has 2 aromatic heterocycles. The van der Waals surface area contributed by atoms with Crippen LogP contribution >= 0.6 is 22.7 Å². The van der Waals surface area contributed by atoms with Gasteiger partial charge in [-0.3, -0.25) is 0 Å². The molecular formula is C17H16FNO5S4. The lowest BCUT2D eigenvalue weighted by Crippen LogP contribution is -2.31. The van der Waals surface area contributed by atoms with Crippen molar-refractivity contribution >= 4 is 42.5 Å². The van der Waals surface area contributed by atoms with E-state index in [0.29, 0.717) is 4.88 Å². The first-order chi connectivity index (χ1) is 13.3. The Balaban J connectivity index is 1.89. The third-order valence-corrected chi connectivity index (χ3v) is 9.97. The lowest BCUT2D eigenvalue weighted by atomic mass is 10.3. The fourth-order valence-corrected chi connectivity index (χ4v) is 7.64. The highest BCUT2D eigenvalue weighted by Gasteiger charge is 2.32. The van der Waals surface area contributed by atoms with Crippen LogP contribution in [0.15, 0.2) is 62.3 Å². The number of hydrogen-bond acceptors (Lipinski definition) is 7. The van der Waals surface area contributed by atoms with Crippen LogP contribution in [0, 0.1) is 5.82 Å². The zero-order chi connectivity index (χ0) is 20.4. The molecule has 0 saturated heterocycles. The molecule has 3 aromatic rings. The van der Waals surface area contributed by atoms with Crippen LogP contribution in [0.4, 0.5) is 4.39 Å². The summed E-state index contributed by atoms with van der Waals surface area (Å²) >= 11 is 2.29. The van der Waals surface area contributed by atoms with Crippen molar-refractivity contribution < 1.29 is 26.0 Å². The Labute approximate surface area is 170 Å². The first-order valence-corrected chi connectivity index (χ1v) is 12.7. The molecule has 0 radical (unpaired) electrons. The largest absolute Gasteiger partial charge is 0.494 e. The van der Waals surface area contributed by atoms with E-state index >= 15 is 0 Å². The van der Waals surface area contributed by atoms with E-state index in [4.69, 9.17) is 4.74 Å². The Morgan fingerprint density at radius 2 is 1.79 bits per heavy atom. The van der Waals surface area contributed by atoms with Crippen LogP contribution in [0.5, 0.6) is 5.75 Å². The number of sulfone groups is 1. The number of hydrogen-bond donors (Lipinski definition) is 1. The summed E-state index contributed by atoms with van der Waals surface area (Å²) in [7, 11) is -6.65. The summed E-state index contributed by atoms with van der Waals surface area (Å²) < 4.78 is 72.2. The number of benzene rings is 1. The smallest absolute Gasteiger partial charge is 0.240 e. The van der Waals surface area contributed by atoms with Crippen molar-refractivity contribution in [3.63, 3.8) is 0 Å². The van der Waals surface area contributed by atoms with Gasteiger partial charge in [0.2, 0.25) is 10.0 Å². The highest BCUT2D eigenvalue weighted by atomic mass is 32.2. The number of nitrogens with one attached hydrogen (secondary N) is 1. The molecule has 1 aromatic carbocycles. The van der Waals surface area contributed by atoms with Gasteiger partial charge in [-0.15, -0.1) is 22.7 Å². The monoisotopic (exact) mass is 461 g/mol. The molecule has 11 heteroatoms. The number of methoxy groups -OCH3 is 1. The maximum atomic E-state index is 13.9. The second kappa shape index (κ2) is 8.29. The van der Waals surface area contributed by atoms with Gasteiger partial charge in [0.1, 0.15) is 9.46 Å². The van der Waals surface area contributed by atoms with E-state index in [2.05, 4.69) is 4.72 Å². The average Bonchev–Trinajstić information content (AvgIpc) is 3.36. The van der Waals surface area contributed by atoms with Crippen LogP contribution in [0.1, 0.15) is 10.1 Å². The fraction of sp³-hybridized carbons (Fsp3) is 0.176. The zero-order valence-electron chi connectivity index (χ0n) is 14.5. The van der Waals surface area contributed by atoms with Gasteiger partial charge in [0.15, 0.2) is 21.4 Å². The third kappa shape index (κ3) is 4.28. The summed E-state index contributed by atoms with van der Waals surface area (Å²) in [4.78, 5) is 0.196. The second-order valence-electron chi connectivity index (χ2n) is 5.63. The molecule has 28 heavy (non-hydrogen) atoms. The van der Waals surface area contributed by atoms with Crippen molar-refractivity contribution in [2.45, 2.75) is 14.4 Å². The van der Waals surface area contributed by atoms with E-state index in [1.807, 2.05) is 0 Å². The molecule has 150 valence electrons. The molecule has 0 saturated carbocycles. The lowest BCUT2D eigenvalue weighted by Gasteiger charge is -2.16. The van der Waals surface area contributed by atoms with Crippen LogP contribution in [0.3, 0.4) is 0 Å². The van der Waals surface area contributed by atoms with Gasteiger partial charge >= 0.3 is 0 Å². The van der Waals surface area contributed by atoms with Crippen molar-refractivity contribution in [1.82, 2.24) is 4.72 Å². The maximum absolute atomic E-state index is 13.9. The van der Waals surface area contributed by atoms with Crippen LogP contribution in [-0.2, 0) is 19.9 Å². The van der Waals surface area contributed by atoms with Gasteiger partial charge in [0.05, 0.1) is 12.0 Å². The average molecular weight is 462 g/mol. The van der Waals surface area contributed by atoms with Gasteiger partial charge in [0.25, 0.3) is 0 Å². The number of sulfonamides is 1. The van der Waals surface area contributed by atoms with Crippen molar-refractivity contribution in [3.8, 4) is 5.75 Å². The van der Waals surface area contributed by atoms with E-state index < -0.39 is 30.9 Å². The van der Waals surface area contributed by atoms with E-state index in [0.717, 1.165) is 17.4 Å². The summed E-state index contributed by atoms with van der Waals surface area (Å²) in [5.74, 6) is -0.915. The summed E-state index contributed by atoms with van der Waals surface area (Å²) in [6.45, 7) is -0.378. The predicted molar refractivity (Wildman–Crippen MR) is 107 cm³/mol. The first-order valence-electron chi connectivity index (χ1n) is 7.89. The number of halogens is 1. The molecule has 0 bridgehead atoms. The molecule has 0 aliphatic rings. The Hall–Kier alpha value is -1.79. The summed E-state index contributed by atoms with van der Waals surface area (Å²) in [5, 5.41) is 2.27. The molecule has 0 amide bonds. The molecule has 6 nitrogen and oxygen atoms in total. The number of rotatable bonds is 8.